The molecule has 8 N–H and O–H groups in total. The lowest BCUT2D eigenvalue weighted by Crippen LogP contribution is -2.62. The fraction of sp³-hybridized carbons (Fsp3) is 0.868. The van der Waals surface area contributed by atoms with Crippen LogP contribution in [0.2, 0.25) is 0 Å². The molecule has 50 heavy (non-hydrogen) atoms. The number of Topliss-reactive ketones (excluding diaryl/α,β-unsaturated/α-hetero) is 1. The Kier molecular flexibility index (Phi) is 23.4. The van der Waals surface area contributed by atoms with Gasteiger partial charge in [0.2, 0.25) is 17.6 Å². The molecule has 12 nitrogen and oxygen atoms in total. The van der Waals surface area contributed by atoms with E-state index >= 15 is 0 Å². The van der Waals surface area contributed by atoms with Gasteiger partial charge in [-0.05, 0) is 67.6 Å². The second kappa shape index (κ2) is 23.7. The number of fused-ring (bicyclic) bond motifs is 1. The van der Waals surface area contributed by atoms with E-state index in [0.29, 0.717) is 24.3 Å². The summed E-state index contributed by atoms with van der Waals surface area (Å²) in [4.78, 5) is 61.7. The molecule has 0 aromatic rings. The number of urea groups is 1. The van der Waals surface area contributed by atoms with Crippen LogP contribution in [0.5, 0.6) is 0 Å². The van der Waals surface area contributed by atoms with Crippen molar-refractivity contribution in [3.05, 3.63) is 0 Å². The highest BCUT2D eigenvalue weighted by Gasteiger charge is 2.62. The maximum absolute atomic E-state index is 13.4. The zero-order valence-electron chi connectivity index (χ0n) is 33.6. The number of nitrogens with one attached hydrogen (secondary N) is 2. The number of hydrogen-bond acceptors (Lipinski definition) is 6. The number of nitrogens with two attached hydrogens (primary N) is 2. The van der Waals surface area contributed by atoms with Gasteiger partial charge in [-0.1, -0.05) is 101 Å². The molecule has 5 amide bonds. The number of ketones is 1. The lowest BCUT2D eigenvalue weighted by Gasteiger charge is -2.40. The fourth-order valence-electron chi connectivity index (χ4n) is 7.41. The summed E-state index contributed by atoms with van der Waals surface area (Å²) < 4.78 is 4.25. The molecule has 0 spiro atoms. The van der Waals surface area contributed by atoms with Crippen LogP contribution in [0.15, 0.2) is 0 Å². The number of nitrogens with zero attached hydrogens (tertiary/aromatic N) is 1. The third-order valence-corrected chi connectivity index (χ3v) is 10.3. The molecule has 4 fully saturated rings. The predicted octanol–water partition coefficient (Wildman–Crippen LogP) is 6.12. The van der Waals surface area contributed by atoms with E-state index in [4.69, 9.17) is 11.5 Å². The number of piperidine rings is 1. The van der Waals surface area contributed by atoms with Gasteiger partial charge in [0, 0.05) is 37.9 Å². The molecule has 0 aromatic heterocycles. The number of ether oxygens (including phenoxy) is 1. The first kappa shape index (κ1) is 49.4. The molecule has 2 unspecified atom stereocenters. The Bertz CT molecular complexity index is 1060. The highest BCUT2D eigenvalue weighted by molar-refractivity contribution is 6.36. The van der Waals surface area contributed by atoms with Gasteiger partial charge in [-0.2, -0.15) is 0 Å². The predicted molar refractivity (Wildman–Crippen MR) is 209 cm³/mol. The van der Waals surface area contributed by atoms with Gasteiger partial charge in [0.15, 0.2) is 0 Å². The molecular formula is C38H83N5O7. The van der Waals surface area contributed by atoms with Gasteiger partial charge in [0.25, 0.3) is 5.91 Å². The summed E-state index contributed by atoms with van der Waals surface area (Å²) >= 11 is 0. The molecule has 12 heteroatoms. The molecule has 0 radical (unpaired) electrons. The summed E-state index contributed by atoms with van der Waals surface area (Å²) in [5.74, 6) is -0.303. The molecule has 302 valence electrons. The smallest absolute Gasteiger partial charge is 0.315 e. The largest absolute Gasteiger partial charge is 0.412 e. The van der Waals surface area contributed by atoms with Crippen LogP contribution in [-0.4, -0.2) is 78.3 Å². The Balaban J connectivity index is -0.000000195. The Morgan fingerprint density at radius 3 is 1.88 bits per heavy atom. The molecule has 1 aliphatic heterocycles. The Morgan fingerprint density at radius 1 is 0.960 bits per heavy atom. The first-order valence-corrected chi connectivity index (χ1v) is 18.9. The Hall–Kier alpha value is -2.73. The number of methoxy groups -OCH3 is 1. The monoisotopic (exact) mass is 722 g/mol. The standard InChI is InChI=1S/C22H38N4O3.C9H15NO2.C3H8.C2H6O.C2H6.H2O.4H2/c1-6-22(10-8-7-9-11-22)25-20(29)24-17(21(3,4)5)19(28)26-12-14-13(2)15(14)16(26)18(23)27;1-2-6-3-4-7(5-6)8(11)9(10)12;2*1-3-2;1-2;;;;;/h13-17H,6-12H2,1-5H3,(H2,23,27)(H2,24,25,29);6-7H,2-5H2,1H3,(H2,10,12);3H2,1-2H3;1-2H3;1-2H3;1H2;4*1H/t13?,14-,15+,16+,17-;6-,7?;;;;;;;;/m11......../s1. The molecular weight excluding hydrogens is 638 g/mol. The van der Waals surface area contributed by atoms with Crippen molar-refractivity contribution >= 4 is 29.5 Å². The molecule has 3 saturated carbocycles. The lowest BCUT2D eigenvalue weighted by atomic mass is 9.80. The van der Waals surface area contributed by atoms with Crippen molar-refractivity contribution in [2.75, 3.05) is 20.8 Å². The molecule has 4 aliphatic rings. The van der Waals surface area contributed by atoms with Crippen molar-refractivity contribution in [1.82, 2.24) is 15.5 Å². The van der Waals surface area contributed by atoms with E-state index in [2.05, 4.69) is 50.0 Å². The number of rotatable bonds is 8. The van der Waals surface area contributed by atoms with Gasteiger partial charge in [0.1, 0.15) is 12.1 Å². The number of hydrogen-bond donors (Lipinski definition) is 4. The van der Waals surface area contributed by atoms with Crippen LogP contribution in [-0.2, 0) is 23.9 Å². The van der Waals surface area contributed by atoms with Gasteiger partial charge in [-0.15, -0.1) is 0 Å². The van der Waals surface area contributed by atoms with Crippen LogP contribution >= 0.6 is 0 Å². The van der Waals surface area contributed by atoms with E-state index in [1.54, 1.807) is 19.1 Å². The SMILES string of the molecule is CC.CCC.CCC1(NC(=O)N[C@H](C(=O)N2C[C@@H]3C(C)[C@@H]3[C@H]2C(N)=O)C(C)(C)C)CCCCC1.CC[C@@H]1CCC(C(=O)C(N)=O)C1.COC.O.[HH].[HH].[HH].[HH]. The van der Waals surface area contributed by atoms with E-state index in [1.807, 2.05) is 34.6 Å². The summed E-state index contributed by atoms with van der Waals surface area (Å²) in [6.07, 6.45) is 11.4. The first-order valence-electron chi connectivity index (χ1n) is 18.9. The number of carbonyl (C=O) groups is 5. The average molecular weight is 722 g/mol. The zero-order valence-corrected chi connectivity index (χ0v) is 33.6. The van der Waals surface area contributed by atoms with Gasteiger partial charge in [-0.3, -0.25) is 19.2 Å². The van der Waals surface area contributed by atoms with E-state index in [1.165, 1.54) is 12.8 Å². The molecule has 4 rings (SSSR count). The minimum atomic E-state index is -0.767. The lowest BCUT2D eigenvalue weighted by molar-refractivity contribution is -0.142. The Labute approximate surface area is 309 Å². The second-order valence-corrected chi connectivity index (χ2v) is 15.2. The van der Waals surface area contributed by atoms with Crippen LogP contribution in [0.4, 0.5) is 4.79 Å². The zero-order chi connectivity index (χ0) is 38.1. The van der Waals surface area contributed by atoms with E-state index in [9.17, 15) is 24.0 Å². The number of carbonyl (C=O) groups excluding carboxylic acids is 5. The summed E-state index contributed by atoms with van der Waals surface area (Å²) in [6, 6.07) is -1.57. The quantitative estimate of drug-likeness (QED) is 0.217. The van der Waals surface area contributed by atoms with Gasteiger partial charge >= 0.3 is 6.03 Å². The van der Waals surface area contributed by atoms with Crippen molar-refractivity contribution in [2.24, 2.45) is 46.5 Å². The molecule has 0 bridgehead atoms. The van der Waals surface area contributed by atoms with Crippen molar-refractivity contribution < 1.29 is 39.9 Å². The average Bonchev–Trinajstić information content (AvgIpc) is 3.40. The third-order valence-electron chi connectivity index (χ3n) is 10.3. The minimum Gasteiger partial charge on any atom is -0.412 e. The van der Waals surface area contributed by atoms with Crippen LogP contribution in [0.3, 0.4) is 0 Å². The number of likely N-dealkylation sites (tertiary alicyclic amines) is 1. The highest BCUT2D eigenvalue weighted by Crippen LogP contribution is 2.55. The second-order valence-electron chi connectivity index (χ2n) is 15.2. The highest BCUT2D eigenvalue weighted by atomic mass is 16.4. The van der Waals surface area contributed by atoms with Crippen molar-refractivity contribution in [3.8, 4) is 0 Å². The Morgan fingerprint density at radius 2 is 1.48 bits per heavy atom. The van der Waals surface area contributed by atoms with Gasteiger partial charge in [-0.25, -0.2) is 4.79 Å². The molecule has 7 atom stereocenters. The van der Waals surface area contributed by atoms with Gasteiger partial charge < -0.3 is 37.2 Å². The van der Waals surface area contributed by atoms with Crippen LogP contribution in [0.1, 0.15) is 146 Å². The summed E-state index contributed by atoms with van der Waals surface area (Å²) in [5, 5.41) is 6.12. The maximum Gasteiger partial charge on any atom is 0.315 e. The molecule has 0 aromatic carbocycles. The van der Waals surface area contributed by atoms with E-state index < -0.39 is 29.3 Å². The number of amides is 5. The fourth-order valence-corrected chi connectivity index (χ4v) is 7.41. The van der Waals surface area contributed by atoms with Crippen LogP contribution < -0.4 is 22.1 Å². The molecule has 1 saturated heterocycles. The number of primary amides is 2. The summed E-state index contributed by atoms with van der Waals surface area (Å²) in [5.41, 5.74) is 9.89. The third kappa shape index (κ3) is 14.5. The maximum atomic E-state index is 13.4. The van der Waals surface area contributed by atoms with E-state index in [-0.39, 0.29) is 46.3 Å². The molecule has 3 aliphatic carbocycles. The van der Waals surface area contributed by atoms with Crippen LogP contribution in [0, 0.1) is 35.0 Å². The minimum absolute atomic E-state index is 0. The summed E-state index contributed by atoms with van der Waals surface area (Å²) in [6.45, 7) is 20.9. The van der Waals surface area contributed by atoms with Crippen molar-refractivity contribution in [2.45, 2.75) is 157 Å². The van der Waals surface area contributed by atoms with Gasteiger partial charge in [0.05, 0.1) is 0 Å². The van der Waals surface area contributed by atoms with Crippen molar-refractivity contribution in [1.29, 1.82) is 0 Å². The van der Waals surface area contributed by atoms with E-state index in [0.717, 1.165) is 57.8 Å². The normalized spacial score (nSPS) is 26.0. The van der Waals surface area contributed by atoms with Crippen LogP contribution in [0.25, 0.3) is 0 Å². The topological polar surface area (TPSA) is 205 Å². The first-order chi connectivity index (χ1) is 23.0. The van der Waals surface area contributed by atoms with Crippen molar-refractivity contribution in [3.63, 3.8) is 0 Å². The summed E-state index contributed by atoms with van der Waals surface area (Å²) in [7, 11) is 3.25. The molecule has 1 heterocycles.